The zero-order valence-corrected chi connectivity index (χ0v) is 16.3. The van der Waals surface area contributed by atoms with Crippen molar-refractivity contribution in [3.63, 3.8) is 0 Å². The quantitative estimate of drug-likeness (QED) is 0.625. The Balaban J connectivity index is 2.05. The highest BCUT2D eigenvalue weighted by Gasteiger charge is 2.30. The maximum Gasteiger partial charge on any atom is 0.416 e. The summed E-state index contributed by atoms with van der Waals surface area (Å²) in [5, 5.41) is 3.55. The SMILES string of the molecule is COc1cnc(Nc2cccc(Cl)c2C)n(Cc2cccc(C(F)(F)F)c2)c1=O. The lowest BCUT2D eigenvalue weighted by Crippen LogP contribution is -2.25. The average Bonchev–Trinajstić information content (AvgIpc) is 2.68. The zero-order chi connectivity index (χ0) is 21.2. The highest BCUT2D eigenvalue weighted by molar-refractivity contribution is 6.31. The number of hydrogen-bond donors (Lipinski definition) is 1. The van der Waals surface area contributed by atoms with Crippen LogP contribution in [0.25, 0.3) is 0 Å². The van der Waals surface area contributed by atoms with E-state index in [9.17, 15) is 18.0 Å². The van der Waals surface area contributed by atoms with E-state index in [2.05, 4.69) is 10.3 Å². The van der Waals surface area contributed by atoms with Gasteiger partial charge in [-0.25, -0.2) is 4.98 Å². The molecule has 29 heavy (non-hydrogen) atoms. The summed E-state index contributed by atoms with van der Waals surface area (Å²) in [5.74, 6) is 0.129. The first-order chi connectivity index (χ1) is 13.7. The standard InChI is InChI=1S/C20H17ClF3N3O2/c1-12-15(21)7-4-8-16(12)26-19-25-10-17(29-2)18(28)27(19)11-13-5-3-6-14(9-13)20(22,23)24/h3-10H,11H2,1-2H3,(H,25,26). The summed E-state index contributed by atoms with van der Waals surface area (Å²) >= 11 is 6.13. The lowest BCUT2D eigenvalue weighted by atomic mass is 10.1. The van der Waals surface area contributed by atoms with E-state index in [1.807, 2.05) is 0 Å². The van der Waals surface area contributed by atoms with Gasteiger partial charge in [0.2, 0.25) is 11.7 Å². The van der Waals surface area contributed by atoms with Crippen LogP contribution in [0.5, 0.6) is 5.75 Å². The number of methoxy groups -OCH3 is 1. The Kier molecular flexibility index (Phi) is 5.83. The van der Waals surface area contributed by atoms with E-state index in [4.69, 9.17) is 16.3 Å². The minimum Gasteiger partial charge on any atom is -0.490 e. The largest absolute Gasteiger partial charge is 0.490 e. The number of ether oxygens (including phenoxy) is 1. The predicted octanol–water partition coefficient (Wildman–Crippen LogP) is 5.02. The Morgan fingerprint density at radius 1 is 1.21 bits per heavy atom. The highest BCUT2D eigenvalue weighted by Crippen LogP contribution is 2.30. The van der Waals surface area contributed by atoms with Crippen molar-refractivity contribution >= 4 is 23.2 Å². The summed E-state index contributed by atoms with van der Waals surface area (Å²) in [4.78, 5) is 17.0. The summed E-state index contributed by atoms with van der Waals surface area (Å²) in [6.07, 6.45) is -3.22. The molecule has 0 amide bonds. The molecule has 0 aliphatic carbocycles. The van der Waals surface area contributed by atoms with Crippen molar-refractivity contribution in [2.45, 2.75) is 19.6 Å². The molecule has 0 aliphatic heterocycles. The molecule has 0 unspecified atom stereocenters. The molecular formula is C20H17ClF3N3O2. The molecule has 152 valence electrons. The molecule has 1 heterocycles. The lowest BCUT2D eigenvalue weighted by molar-refractivity contribution is -0.137. The molecule has 0 saturated carbocycles. The summed E-state index contributed by atoms with van der Waals surface area (Å²) in [6.45, 7) is 1.67. The summed E-state index contributed by atoms with van der Waals surface area (Å²) in [6, 6.07) is 9.99. The van der Waals surface area contributed by atoms with Crippen molar-refractivity contribution in [2.75, 3.05) is 12.4 Å². The molecule has 2 aromatic carbocycles. The van der Waals surface area contributed by atoms with E-state index in [0.717, 1.165) is 17.7 Å². The molecule has 1 aromatic heterocycles. The minimum atomic E-state index is -4.48. The van der Waals surface area contributed by atoms with Crippen LogP contribution in [0, 0.1) is 6.92 Å². The first-order valence-electron chi connectivity index (χ1n) is 8.53. The van der Waals surface area contributed by atoms with Gasteiger partial charge < -0.3 is 10.1 Å². The fourth-order valence-electron chi connectivity index (χ4n) is 2.75. The fourth-order valence-corrected chi connectivity index (χ4v) is 2.93. The molecule has 3 rings (SSSR count). The van der Waals surface area contributed by atoms with Crippen molar-refractivity contribution in [2.24, 2.45) is 0 Å². The maximum atomic E-state index is 13.0. The lowest BCUT2D eigenvalue weighted by Gasteiger charge is -2.17. The first-order valence-corrected chi connectivity index (χ1v) is 8.90. The molecule has 0 radical (unpaired) electrons. The zero-order valence-electron chi connectivity index (χ0n) is 15.5. The van der Waals surface area contributed by atoms with Crippen molar-refractivity contribution in [3.8, 4) is 5.75 Å². The van der Waals surface area contributed by atoms with E-state index in [0.29, 0.717) is 16.3 Å². The van der Waals surface area contributed by atoms with E-state index in [-0.39, 0.29) is 18.2 Å². The second-order valence-corrected chi connectivity index (χ2v) is 6.68. The monoisotopic (exact) mass is 423 g/mol. The Hall–Kier alpha value is -3.00. The van der Waals surface area contributed by atoms with E-state index in [1.54, 1.807) is 25.1 Å². The average molecular weight is 424 g/mol. The third kappa shape index (κ3) is 4.54. The number of nitrogens with one attached hydrogen (secondary N) is 1. The second-order valence-electron chi connectivity index (χ2n) is 6.28. The molecule has 3 aromatic rings. The van der Waals surface area contributed by atoms with E-state index >= 15 is 0 Å². The van der Waals surface area contributed by atoms with Gasteiger partial charge in [-0.05, 0) is 42.3 Å². The number of aromatic nitrogens is 2. The Labute approximate surface area is 169 Å². The van der Waals surface area contributed by atoms with E-state index < -0.39 is 17.3 Å². The number of alkyl halides is 3. The molecule has 0 bridgehead atoms. The highest BCUT2D eigenvalue weighted by atomic mass is 35.5. The molecule has 9 heteroatoms. The van der Waals surface area contributed by atoms with Gasteiger partial charge in [-0.15, -0.1) is 0 Å². The van der Waals surface area contributed by atoms with Crippen LogP contribution in [-0.4, -0.2) is 16.7 Å². The van der Waals surface area contributed by atoms with Crippen LogP contribution in [0.15, 0.2) is 53.5 Å². The van der Waals surface area contributed by atoms with Crippen LogP contribution in [0.2, 0.25) is 5.02 Å². The number of halogens is 4. The smallest absolute Gasteiger partial charge is 0.416 e. The van der Waals surface area contributed by atoms with Gasteiger partial charge in [-0.2, -0.15) is 13.2 Å². The Bertz CT molecular complexity index is 1100. The Morgan fingerprint density at radius 2 is 1.93 bits per heavy atom. The van der Waals surface area contributed by atoms with E-state index in [1.165, 1.54) is 30.0 Å². The van der Waals surface area contributed by atoms with Gasteiger partial charge in [-0.1, -0.05) is 29.8 Å². The topological polar surface area (TPSA) is 56.1 Å². The normalized spacial score (nSPS) is 11.4. The summed E-state index contributed by atoms with van der Waals surface area (Å²) in [5.41, 5.74) is 0.334. The van der Waals surface area contributed by atoms with Crippen LogP contribution in [0.4, 0.5) is 24.8 Å². The third-order valence-corrected chi connectivity index (χ3v) is 4.75. The summed E-state index contributed by atoms with van der Waals surface area (Å²) in [7, 11) is 1.32. The number of nitrogens with zero attached hydrogens (tertiary/aromatic N) is 2. The van der Waals surface area contributed by atoms with Crippen LogP contribution >= 0.6 is 11.6 Å². The fraction of sp³-hybridized carbons (Fsp3) is 0.200. The van der Waals surface area contributed by atoms with Crippen LogP contribution in [0.3, 0.4) is 0 Å². The predicted molar refractivity (Wildman–Crippen MR) is 105 cm³/mol. The molecular weight excluding hydrogens is 407 g/mol. The van der Waals surface area contributed by atoms with Gasteiger partial charge in [0.05, 0.1) is 25.4 Å². The van der Waals surface area contributed by atoms with Gasteiger partial charge >= 0.3 is 6.18 Å². The van der Waals surface area contributed by atoms with Gasteiger partial charge in [0.1, 0.15) is 0 Å². The molecule has 5 nitrogen and oxygen atoms in total. The molecule has 1 N–H and O–H groups in total. The second kappa shape index (κ2) is 8.16. The number of anilines is 2. The molecule has 0 atom stereocenters. The van der Waals surface area contributed by atoms with Gasteiger partial charge in [0.15, 0.2) is 0 Å². The number of hydrogen-bond acceptors (Lipinski definition) is 4. The van der Waals surface area contributed by atoms with Gasteiger partial charge in [0.25, 0.3) is 5.56 Å². The van der Waals surface area contributed by atoms with Gasteiger partial charge in [-0.3, -0.25) is 9.36 Å². The molecule has 0 fully saturated rings. The van der Waals surface area contributed by atoms with Gasteiger partial charge in [0, 0.05) is 10.7 Å². The number of rotatable bonds is 5. The van der Waals surface area contributed by atoms with Crippen LogP contribution in [0.1, 0.15) is 16.7 Å². The first kappa shape index (κ1) is 20.7. The molecule has 0 spiro atoms. The Morgan fingerprint density at radius 3 is 2.62 bits per heavy atom. The maximum absolute atomic E-state index is 13.0. The number of benzene rings is 2. The van der Waals surface area contributed by atoms with Crippen molar-refractivity contribution in [1.29, 1.82) is 0 Å². The van der Waals surface area contributed by atoms with Crippen LogP contribution in [-0.2, 0) is 12.7 Å². The van der Waals surface area contributed by atoms with Crippen molar-refractivity contribution in [1.82, 2.24) is 9.55 Å². The van der Waals surface area contributed by atoms with Crippen molar-refractivity contribution < 1.29 is 17.9 Å². The molecule has 0 saturated heterocycles. The summed E-state index contributed by atoms with van der Waals surface area (Å²) < 4.78 is 45.3. The van der Waals surface area contributed by atoms with Crippen molar-refractivity contribution in [3.05, 3.63) is 80.7 Å². The minimum absolute atomic E-state index is 0.0228. The molecule has 0 aliphatic rings. The van der Waals surface area contributed by atoms with Crippen LogP contribution < -0.4 is 15.6 Å². The third-order valence-electron chi connectivity index (χ3n) is 4.34.